The average Bonchev–Trinajstić information content (AvgIpc) is 2.73. The van der Waals surface area contributed by atoms with E-state index in [1.807, 2.05) is 6.07 Å². The molecule has 1 aliphatic heterocycles. The lowest BCUT2D eigenvalue weighted by Gasteiger charge is -2.21. The van der Waals surface area contributed by atoms with Gasteiger partial charge in [-0.05, 0) is 17.7 Å². The lowest BCUT2D eigenvalue weighted by atomic mass is 10.0. The summed E-state index contributed by atoms with van der Waals surface area (Å²) in [4.78, 5) is 13.1. The average molecular weight is 268 g/mol. The highest BCUT2D eigenvalue weighted by Crippen LogP contribution is 2.29. The van der Waals surface area contributed by atoms with Gasteiger partial charge in [-0.3, -0.25) is 15.6 Å². The summed E-state index contributed by atoms with van der Waals surface area (Å²) in [5, 5.41) is 19.4. The van der Waals surface area contributed by atoms with Crippen LogP contribution in [0.1, 0.15) is 17.2 Å². The first-order valence-electron chi connectivity index (χ1n) is 5.80. The van der Waals surface area contributed by atoms with E-state index in [2.05, 4.69) is 11.2 Å². The Labute approximate surface area is 116 Å². The Hall–Kier alpha value is -2.99. The summed E-state index contributed by atoms with van der Waals surface area (Å²) in [6.07, 6.45) is 5.24. The van der Waals surface area contributed by atoms with Gasteiger partial charge in [0.25, 0.3) is 0 Å². The number of amidine groups is 1. The normalized spacial score (nSPS) is 17.4. The SMILES string of the molecule is C#CCN1C(=O)NC(=N)C1c1ccc(OC)c(C#N)c1. The molecule has 1 aliphatic rings. The second-order valence-electron chi connectivity index (χ2n) is 4.15. The van der Waals surface area contributed by atoms with E-state index in [9.17, 15) is 4.79 Å². The molecule has 0 aliphatic carbocycles. The number of nitrogens with one attached hydrogen (secondary N) is 2. The number of ether oxygens (including phenoxy) is 1. The number of urea groups is 1. The fourth-order valence-corrected chi connectivity index (χ4v) is 2.12. The van der Waals surface area contributed by atoms with E-state index in [0.29, 0.717) is 16.9 Å². The highest BCUT2D eigenvalue weighted by molar-refractivity contribution is 6.06. The molecular weight excluding hydrogens is 256 g/mol. The van der Waals surface area contributed by atoms with Crippen molar-refractivity contribution in [2.75, 3.05) is 13.7 Å². The number of benzene rings is 1. The summed E-state index contributed by atoms with van der Waals surface area (Å²) in [7, 11) is 1.48. The van der Waals surface area contributed by atoms with E-state index in [0.717, 1.165) is 0 Å². The van der Waals surface area contributed by atoms with Crippen LogP contribution in [0.5, 0.6) is 5.75 Å². The Morgan fingerprint density at radius 2 is 2.35 bits per heavy atom. The first-order valence-corrected chi connectivity index (χ1v) is 5.80. The van der Waals surface area contributed by atoms with Crippen molar-refractivity contribution in [3.8, 4) is 24.2 Å². The molecule has 2 amide bonds. The van der Waals surface area contributed by atoms with Gasteiger partial charge in [0.05, 0.1) is 19.2 Å². The highest BCUT2D eigenvalue weighted by Gasteiger charge is 2.36. The van der Waals surface area contributed by atoms with E-state index < -0.39 is 12.1 Å². The van der Waals surface area contributed by atoms with E-state index in [4.69, 9.17) is 21.8 Å². The van der Waals surface area contributed by atoms with Crippen molar-refractivity contribution in [3.05, 3.63) is 29.3 Å². The summed E-state index contributed by atoms with van der Waals surface area (Å²) in [5.74, 6) is 2.88. The van der Waals surface area contributed by atoms with Crippen molar-refractivity contribution < 1.29 is 9.53 Å². The molecule has 1 atom stereocenters. The lowest BCUT2D eigenvalue weighted by molar-refractivity contribution is 0.212. The molecule has 1 fully saturated rings. The number of rotatable bonds is 3. The predicted molar refractivity (Wildman–Crippen MR) is 72.2 cm³/mol. The summed E-state index contributed by atoms with van der Waals surface area (Å²) in [6.45, 7) is 0.0901. The van der Waals surface area contributed by atoms with Crippen molar-refractivity contribution in [2.45, 2.75) is 6.04 Å². The molecule has 0 aromatic heterocycles. The van der Waals surface area contributed by atoms with Crippen LogP contribution in [0.15, 0.2) is 18.2 Å². The molecule has 1 saturated heterocycles. The van der Waals surface area contributed by atoms with Crippen LogP contribution in [0.3, 0.4) is 0 Å². The van der Waals surface area contributed by atoms with E-state index >= 15 is 0 Å². The van der Waals surface area contributed by atoms with Crippen LogP contribution in [0.4, 0.5) is 4.79 Å². The van der Waals surface area contributed by atoms with Crippen LogP contribution in [0.2, 0.25) is 0 Å². The molecular formula is C14H12N4O2. The molecule has 1 aromatic carbocycles. The monoisotopic (exact) mass is 268 g/mol. The minimum absolute atomic E-state index is 0.0410. The quantitative estimate of drug-likeness (QED) is 0.808. The summed E-state index contributed by atoms with van der Waals surface area (Å²) >= 11 is 0. The Kier molecular flexibility index (Phi) is 3.58. The van der Waals surface area contributed by atoms with Gasteiger partial charge in [-0.1, -0.05) is 12.0 Å². The van der Waals surface area contributed by atoms with Gasteiger partial charge < -0.3 is 4.74 Å². The maximum absolute atomic E-state index is 11.7. The second kappa shape index (κ2) is 5.33. The number of methoxy groups -OCH3 is 1. The fourth-order valence-electron chi connectivity index (χ4n) is 2.12. The van der Waals surface area contributed by atoms with Crippen molar-refractivity contribution in [1.82, 2.24) is 10.2 Å². The Balaban J connectivity index is 2.44. The summed E-state index contributed by atoms with van der Waals surface area (Å²) < 4.78 is 5.07. The first kappa shape index (κ1) is 13.4. The van der Waals surface area contributed by atoms with Crippen LogP contribution < -0.4 is 10.1 Å². The van der Waals surface area contributed by atoms with E-state index in [1.165, 1.54) is 12.0 Å². The second-order valence-corrected chi connectivity index (χ2v) is 4.15. The van der Waals surface area contributed by atoms with Gasteiger partial charge in [0.1, 0.15) is 23.7 Å². The molecule has 0 saturated carbocycles. The third-order valence-electron chi connectivity index (χ3n) is 3.01. The summed E-state index contributed by atoms with van der Waals surface area (Å²) in [5.41, 5.74) is 0.985. The lowest BCUT2D eigenvalue weighted by Crippen LogP contribution is -2.30. The van der Waals surface area contributed by atoms with Gasteiger partial charge in [0.15, 0.2) is 0 Å². The zero-order valence-corrected chi connectivity index (χ0v) is 10.8. The van der Waals surface area contributed by atoms with Gasteiger partial charge in [-0.2, -0.15) is 5.26 Å². The Bertz CT molecular complexity index is 654. The fraction of sp³-hybridized carbons (Fsp3) is 0.214. The van der Waals surface area contributed by atoms with Gasteiger partial charge in [-0.25, -0.2) is 4.79 Å². The third-order valence-corrected chi connectivity index (χ3v) is 3.01. The molecule has 1 heterocycles. The standard InChI is InChI=1S/C14H12N4O2/c1-3-6-18-12(13(16)17-14(18)19)9-4-5-11(20-2)10(7-9)8-15/h1,4-5,7,12H,6H2,2H3,(H2,16,17,19). The molecule has 2 rings (SSSR count). The molecule has 0 spiro atoms. The zero-order valence-electron chi connectivity index (χ0n) is 10.8. The zero-order chi connectivity index (χ0) is 14.7. The number of hydrogen-bond acceptors (Lipinski definition) is 4. The van der Waals surface area contributed by atoms with Gasteiger partial charge in [-0.15, -0.1) is 6.42 Å². The molecule has 1 unspecified atom stereocenters. The van der Waals surface area contributed by atoms with Gasteiger partial charge in [0, 0.05) is 0 Å². The van der Waals surface area contributed by atoms with E-state index in [-0.39, 0.29) is 12.4 Å². The number of hydrogen-bond donors (Lipinski definition) is 2. The number of nitriles is 1. The third kappa shape index (κ3) is 2.15. The number of carbonyl (C=O) groups is 1. The number of carbonyl (C=O) groups excluding carboxylic acids is 1. The van der Waals surface area contributed by atoms with Crippen LogP contribution in [0.25, 0.3) is 0 Å². The molecule has 1 aromatic rings. The maximum atomic E-state index is 11.7. The smallest absolute Gasteiger partial charge is 0.324 e. The number of terminal acetylenes is 1. The summed E-state index contributed by atoms with van der Waals surface area (Å²) in [6, 6.07) is 5.96. The predicted octanol–water partition coefficient (Wildman–Crippen LogP) is 1.24. The van der Waals surface area contributed by atoms with E-state index in [1.54, 1.807) is 18.2 Å². The minimum Gasteiger partial charge on any atom is -0.495 e. The Morgan fingerprint density at radius 1 is 1.60 bits per heavy atom. The molecule has 100 valence electrons. The topological polar surface area (TPSA) is 89.2 Å². The molecule has 2 N–H and O–H groups in total. The van der Waals surface area contributed by atoms with Crippen LogP contribution >= 0.6 is 0 Å². The number of amides is 2. The molecule has 0 radical (unpaired) electrons. The van der Waals surface area contributed by atoms with Gasteiger partial charge >= 0.3 is 6.03 Å². The largest absolute Gasteiger partial charge is 0.495 e. The Morgan fingerprint density at radius 3 is 2.95 bits per heavy atom. The van der Waals surface area contributed by atoms with Crippen molar-refractivity contribution in [3.63, 3.8) is 0 Å². The number of nitrogens with zero attached hydrogens (tertiary/aromatic N) is 2. The maximum Gasteiger partial charge on any atom is 0.324 e. The van der Waals surface area contributed by atoms with Crippen LogP contribution in [-0.4, -0.2) is 30.4 Å². The van der Waals surface area contributed by atoms with Gasteiger partial charge in [0.2, 0.25) is 0 Å². The van der Waals surface area contributed by atoms with Crippen molar-refractivity contribution in [2.24, 2.45) is 0 Å². The van der Waals surface area contributed by atoms with Crippen molar-refractivity contribution in [1.29, 1.82) is 10.7 Å². The highest BCUT2D eigenvalue weighted by atomic mass is 16.5. The molecule has 6 nitrogen and oxygen atoms in total. The molecule has 6 heteroatoms. The van der Waals surface area contributed by atoms with Crippen molar-refractivity contribution >= 4 is 11.9 Å². The first-order chi connectivity index (χ1) is 9.62. The van der Waals surface area contributed by atoms with Crippen LogP contribution in [-0.2, 0) is 0 Å². The van der Waals surface area contributed by atoms with Crippen LogP contribution in [0, 0.1) is 29.1 Å². The molecule has 0 bridgehead atoms. The molecule has 20 heavy (non-hydrogen) atoms. The minimum atomic E-state index is -0.600.